The quantitative estimate of drug-likeness (QED) is 0.498. The van der Waals surface area contributed by atoms with Crippen LogP contribution < -0.4 is 0 Å². The molecule has 7 nitrogen and oxygen atoms in total. The van der Waals surface area contributed by atoms with E-state index in [1.807, 2.05) is 36.5 Å². The lowest BCUT2D eigenvalue weighted by molar-refractivity contribution is -0.127. The van der Waals surface area contributed by atoms with Crippen molar-refractivity contribution < 1.29 is 9.84 Å². The third-order valence-electron chi connectivity index (χ3n) is 7.92. The zero-order chi connectivity index (χ0) is 24.2. The van der Waals surface area contributed by atoms with E-state index < -0.39 is 5.60 Å². The number of rotatable bonds is 6. The predicted molar refractivity (Wildman–Crippen MR) is 137 cm³/mol. The summed E-state index contributed by atoms with van der Waals surface area (Å²) in [6, 6.07) is 10.5. The van der Waals surface area contributed by atoms with Crippen molar-refractivity contribution in [1.29, 1.82) is 0 Å². The molecule has 4 heterocycles. The molecule has 1 N–H and O–H groups in total. The number of aromatic nitrogens is 4. The zero-order valence-electron chi connectivity index (χ0n) is 20.3. The number of hydrogen-bond acceptors (Lipinski definition) is 6. The van der Waals surface area contributed by atoms with Gasteiger partial charge in [0.25, 0.3) is 0 Å². The number of benzene rings is 1. The molecule has 35 heavy (non-hydrogen) atoms. The smallest absolute Gasteiger partial charge is 0.182 e. The topological polar surface area (TPSA) is 76.3 Å². The van der Waals surface area contributed by atoms with E-state index in [0.29, 0.717) is 17.8 Å². The molecule has 1 saturated carbocycles. The Morgan fingerprint density at radius 3 is 2.43 bits per heavy atom. The maximum absolute atomic E-state index is 12.4. The van der Waals surface area contributed by atoms with E-state index >= 15 is 0 Å². The molecule has 0 amide bonds. The van der Waals surface area contributed by atoms with Crippen molar-refractivity contribution in [3.05, 3.63) is 64.1 Å². The average molecular weight is 538 g/mol. The molecule has 2 aliphatic heterocycles. The number of likely N-dealkylation sites (tertiary alicyclic amines) is 1. The van der Waals surface area contributed by atoms with Crippen molar-refractivity contribution in [3.8, 4) is 11.4 Å². The molecule has 1 aromatic carbocycles. The lowest BCUT2D eigenvalue weighted by Gasteiger charge is -2.55. The molecule has 0 unspecified atom stereocenters. The maximum Gasteiger partial charge on any atom is 0.182 e. The molecule has 3 fully saturated rings. The Morgan fingerprint density at radius 1 is 1.06 bits per heavy atom. The highest BCUT2D eigenvalue weighted by Crippen LogP contribution is 2.50. The second kappa shape index (κ2) is 8.76. The molecule has 3 aliphatic rings. The zero-order valence-corrected chi connectivity index (χ0v) is 21.9. The van der Waals surface area contributed by atoms with Gasteiger partial charge in [-0.25, -0.2) is 9.67 Å². The van der Waals surface area contributed by atoms with Crippen LogP contribution in [0.1, 0.15) is 61.5 Å². The molecule has 8 heteroatoms. The van der Waals surface area contributed by atoms with Crippen LogP contribution in [0.5, 0.6) is 0 Å². The Labute approximate surface area is 214 Å². The van der Waals surface area contributed by atoms with Gasteiger partial charge < -0.3 is 14.7 Å². The SMILES string of the molecule is CN1CC(C)([C@](O)(c2ccc(Br)cc2)c2cncc(-c3nc(C4CCOCC4)n(C4CC4)n3)c2)C1. The highest BCUT2D eigenvalue weighted by Gasteiger charge is 2.55. The summed E-state index contributed by atoms with van der Waals surface area (Å²) < 4.78 is 8.73. The third-order valence-corrected chi connectivity index (χ3v) is 8.45. The molecule has 0 spiro atoms. The largest absolute Gasteiger partial charge is 0.381 e. The molecule has 184 valence electrons. The Morgan fingerprint density at radius 2 is 1.77 bits per heavy atom. The summed E-state index contributed by atoms with van der Waals surface area (Å²) in [7, 11) is 2.09. The minimum absolute atomic E-state index is 0.343. The number of ether oxygens (including phenoxy) is 1. The fraction of sp³-hybridized carbons (Fsp3) is 0.519. The van der Waals surface area contributed by atoms with E-state index in [1.54, 1.807) is 6.20 Å². The van der Waals surface area contributed by atoms with Crippen LogP contribution in [-0.2, 0) is 10.3 Å². The summed E-state index contributed by atoms with van der Waals surface area (Å²) in [5.41, 5.74) is 0.968. The van der Waals surface area contributed by atoms with E-state index in [1.165, 1.54) is 0 Å². The highest BCUT2D eigenvalue weighted by molar-refractivity contribution is 9.10. The molecule has 6 rings (SSSR count). The minimum Gasteiger partial charge on any atom is -0.381 e. The molecule has 1 aliphatic carbocycles. The molecular formula is C27H32BrN5O2. The van der Waals surface area contributed by atoms with Crippen LogP contribution in [-0.4, -0.2) is 63.1 Å². The fourth-order valence-corrected chi connectivity index (χ4v) is 6.23. The number of halogens is 1. The summed E-state index contributed by atoms with van der Waals surface area (Å²) in [5.74, 6) is 2.15. The monoisotopic (exact) mass is 537 g/mol. The summed E-state index contributed by atoms with van der Waals surface area (Å²) >= 11 is 3.53. The summed E-state index contributed by atoms with van der Waals surface area (Å²) in [5, 5.41) is 17.4. The third kappa shape index (κ3) is 4.04. The first-order valence-electron chi connectivity index (χ1n) is 12.5. The van der Waals surface area contributed by atoms with Crippen molar-refractivity contribution in [2.75, 3.05) is 33.4 Å². The van der Waals surface area contributed by atoms with Gasteiger partial charge in [0.15, 0.2) is 5.82 Å². The minimum atomic E-state index is -1.19. The maximum atomic E-state index is 12.4. The van der Waals surface area contributed by atoms with Crippen LogP contribution in [0.15, 0.2) is 47.2 Å². The Hall–Kier alpha value is -2.13. The van der Waals surface area contributed by atoms with Gasteiger partial charge in [0, 0.05) is 65.6 Å². The Bertz CT molecular complexity index is 1210. The summed E-state index contributed by atoms with van der Waals surface area (Å²) in [6.07, 6.45) is 7.91. The van der Waals surface area contributed by atoms with E-state index in [9.17, 15) is 5.11 Å². The summed E-state index contributed by atoms with van der Waals surface area (Å²) in [4.78, 5) is 11.9. The van der Waals surface area contributed by atoms with Gasteiger partial charge in [-0.3, -0.25) is 4.98 Å². The highest BCUT2D eigenvalue weighted by atomic mass is 79.9. The second-order valence-corrected chi connectivity index (χ2v) is 11.7. The van der Waals surface area contributed by atoms with Crippen LogP contribution in [0.4, 0.5) is 0 Å². The van der Waals surface area contributed by atoms with E-state index in [2.05, 4.69) is 44.5 Å². The second-order valence-electron chi connectivity index (χ2n) is 10.8. The Balaban J connectivity index is 1.42. The van der Waals surface area contributed by atoms with Gasteiger partial charge >= 0.3 is 0 Å². The average Bonchev–Trinajstić information content (AvgIpc) is 3.61. The Kier molecular flexibility index (Phi) is 5.83. The number of aliphatic hydroxyl groups is 1. The van der Waals surface area contributed by atoms with E-state index in [4.69, 9.17) is 14.8 Å². The molecule has 3 aromatic rings. The normalized spacial score (nSPS) is 22.5. The number of nitrogens with zero attached hydrogens (tertiary/aromatic N) is 5. The van der Waals surface area contributed by atoms with Crippen LogP contribution in [0.25, 0.3) is 11.4 Å². The first-order chi connectivity index (χ1) is 16.9. The van der Waals surface area contributed by atoms with Gasteiger partial charge in [-0.15, -0.1) is 0 Å². The van der Waals surface area contributed by atoms with Crippen LogP contribution >= 0.6 is 15.9 Å². The fourth-order valence-electron chi connectivity index (χ4n) is 5.97. The molecule has 2 saturated heterocycles. The van der Waals surface area contributed by atoms with Crippen molar-refractivity contribution >= 4 is 15.9 Å². The standard InChI is InChI=1S/C27H32BrN5O2/c1-26(16-32(2)17-26)27(34,20-3-5-22(28)6-4-20)21-13-19(14-29-15-21)24-30-25(18-9-11-35-12-10-18)33(31-24)23-7-8-23/h3-6,13-15,18,23,34H,7-12,16-17H2,1-2H3/t27-/m0/s1. The van der Waals surface area contributed by atoms with Crippen LogP contribution in [0, 0.1) is 5.41 Å². The predicted octanol–water partition coefficient (Wildman–Crippen LogP) is 4.52. The van der Waals surface area contributed by atoms with E-state index in [0.717, 1.165) is 79.0 Å². The number of pyridine rings is 1. The lowest BCUT2D eigenvalue weighted by atomic mass is 9.62. The van der Waals surface area contributed by atoms with Gasteiger partial charge in [-0.05, 0) is 56.5 Å². The van der Waals surface area contributed by atoms with Crippen molar-refractivity contribution in [1.82, 2.24) is 24.6 Å². The lowest BCUT2D eigenvalue weighted by Crippen LogP contribution is -2.63. The molecule has 2 aromatic heterocycles. The van der Waals surface area contributed by atoms with Gasteiger partial charge in [-0.2, -0.15) is 5.10 Å². The van der Waals surface area contributed by atoms with Gasteiger partial charge in [0.2, 0.25) is 0 Å². The van der Waals surface area contributed by atoms with Crippen molar-refractivity contribution in [2.45, 2.75) is 50.2 Å². The van der Waals surface area contributed by atoms with Gasteiger partial charge in [0.05, 0.1) is 6.04 Å². The van der Waals surface area contributed by atoms with Crippen molar-refractivity contribution in [3.63, 3.8) is 0 Å². The van der Waals surface area contributed by atoms with Crippen molar-refractivity contribution in [2.24, 2.45) is 5.41 Å². The summed E-state index contributed by atoms with van der Waals surface area (Å²) in [6.45, 7) is 5.31. The molecule has 1 atom stereocenters. The van der Waals surface area contributed by atoms with Gasteiger partial charge in [-0.1, -0.05) is 35.0 Å². The van der Waals surface area contributed by atoms with Crippen LogP contribution in [0.2, 0.25) is 0 Å². The molecule has 0 radical (unpaired) electrons. The molecular weight excluding hydrogens is 506 g/mol. The number of hydrogen-bond donors (Lipinski definition) is 1. The first-order valence-corrected chi connectivity index (χ1v) is 13.3. The van der Waals surface area contributed by atoms with E-state index in [-0.39, 0.29) is 5.41 Å². The van der Waals surface area contributed by atoms with Gasteiger partial charge in [0.1, 0.15) is 11.4 Å². The first kappa shape index (κ1) is 23.3. The van der Waals surface area contributed by atoms with Crippen LogP contribution in [0.3, 0.4) is 0 Å². The molecule has 0 bridgehead atoms.